The lowest BCUT2D eigenvalue weighted by molar-refractivity contribution is -0.138. The van der Waals surface area contributed by atoms with Gasteiger partial charge in [-0.25, -0.2) is 9.59 Å². The topological polar surface area (TPSA) is 88.1 Å². The highest BCUT2D eigenvalue weighted by Crippen LogP contribution is 2.30. The first kappa shape index (κ1) is 33.1. The standard InChI is InChI=1S/C37H36O7S/c1-4-35(38)43-20-7-6-19-41-32-16-15-30-24-29(13-14-31(30)25-32)27-9-11-28(12-10-27)37(40)45-33-17-18-34(26(3)23-33)42-21-8-22-44-36(39)5-2/h4-5,9-18,23-25H,1-2,6-8,19-22H2,3H3. The molecule has 0 spiro atoms. The van der Waals surface area contributed by atoms with Gasteiger partial charge < -0.3 is 18.9 Å². The summed E-state index contributed by atoms with van der Waals surface area (Å²) in [4.78, 5) is 36.0. The van der Waals surface area contributed by atoms with E-state index in [-0.39, 0.29) is 11.7 Å². The van der Waals surface area contributed by atoms with Crippen LogP contribution in [0.1, 0.15) is 35.2 Å². The maximum atomic E-state index is 13.0. The van der Waals surface area contributed by atoms with Crippen molar-refractivity contribution in [2.75, 3.05) is 26.4 Å². The van der Waals surface area contributed by atoms with Crippen molar-refractivity contribution in [3.05, 3.63) is 115 Å². The molecule has 7 nitrogen and oxygen atoms in total. The minimum Gasteiger partial charge on any atom is -0.494 e. The van der Waals surface area contributed by atoms with E-state index in [0.29, 0.717) is 31.8 Å². The van der Waals surface area contributed by atoms with E-state index in [2.05, 4.69) is 31.4 Å². The first-order valence-corrected chi connectivity index (χ1v) is 15.5. The van der Waals surface area contributed by atoms with Gasteiger partial charge in [-0.05, 0) is 108 Å². The predicted molar refractivity (Wildman–Crippen MR) is 178 cm³/mol. The second-order valence-corrected chi connectivity index (χ2v) is 11.2. The van der Waals surface area contributed by atoms with Gasteiger partial charge in [0.2, 0.25) is 5.12 Å². The molecule has 0 saturated heterocycles. The summed E-state index contributed by atoms with van der Waals surface area (Å²) in [6.45, 7) is 10.2. The Morgan fingerprint density at radius 3 is 2.00 bits per heavy atom. The molecule has 4 rings (SSSR count). The molecule has 4 aromatic carbocycles. The second kappa shape index (κ2) is 16.9. The first-order chi connectivity index (χ1) is 21.9. The van der Waals surface area contributed by atoms with Gasteiger partial charge in [0.05, 0.1) is 26.4 Å². The number of esters is 2. The quantitative estimate of drug-likeness (QED) is 0.0534. The maximum absolute atomic E-state index is 13.0. The molecule has 45 heavy (non-hydrogen) atoms. The molecule has 0 saturated carbocycles. The zero-order valence-electron chi connectivity index (χ0n) is 25.3. The number of unbranched alkanes of at least 4 members (excludes halogenated alkanes) is 1. The molecule has 0 radical (unpaired) electrons. The van der Waals surface area contributed by atoms with Crippen LogP contribution in [0.5, 0.6) is 11.5 Å². The number of rotatable bonds is 16. The zero-order chi connectivity index (χ0) is 32.0. The third kappa shape index (κ3) is 10.1. The van der Waals surface area contributed by atoms with E-state index in [0.717, 1.165) is 68.9 Å². The molecular formula is C37H36O7S. The van der Waals surface area contributed by atoms with Crippen molar-refractivity contribution >= 4 is 39.6 Å². The van der Waals surface area contributed by atoms with Crippen LogP contribution in [0.4, 0.5) is 0 Å². The van der Waals surface area contributed by atoms with Gasteiger partial charge >= 0.3 is 11.9 Å². The van der Waals surface area contributed by atoms with E-state index in [1.807, 2.05) is 67.6 Å². The van der Waals surface area contributed by atoms with Crippen molar-refractivity contribution in [1.29, 1.82) is 0 Å². The molecule has 0 aliphatic rings. The van der Waals surface area contributed by atoms with Crippen molar-refractivity contribution in [2.24, 2.45) is 0 Å². The van der Waals surface area contributed by atoms with Crippen LogP contribution in [0.15, 0.2) is 109 Å². The molecule has 0 aliphatic heterocycles. The molecule has 0 atom stereocenters. The summed E-state index contributed by atoms with van der Waals surface area (Å²) in [6, 6.07) is 25.5. The molecule has 0 heterocycles. The van der Waals surface area contributed by atoms with E-state index in [1.165, 1.54) is 11.8 Å². The molecular weight excluding hydrogens is 588 g/mol. The Kier molecular flexibility index (Phi) is 12.4. The molecule has 0 bridgehead atoms. The number of thioether (sulfide) groups is 1. The summed E-state index contributed by atoms with van der Waals surface area (Å²) in [5, 5.41) is 2.12. The lowest BCUT2D eigenvalue weighted by Crippen LogP contribution is -2.07. The molecule has 8 heteroatoms. The van der Waals surface area contributed by atoms with E-state index < -0.39 is 11.9 Å². The third-order valence-electron chi connectivity index (χ3n) is 6.80. The number of hydrogen-bond donors (Lipinski definition) is 0. The summed E-state index contributed by atoms with van der Waals surface area (Å²) in [5.41, 5.74) is 3.62. The average molecular weight is 625 g/mol. The minimum absolute atomic E-state index is 0.0394. The average Bonchev–Trinajstić information content (AvgIpc) is 3.06. The van der Waals surface area contributed by atoms with E-state index in [9.17, 15) is 14.4 Å². The Morgan fingerprint density at radius 1 is 0.667 bits per heavy atom. The van der Waals surface area contributed by atoms with Gasteiger partial charge in [0, 0.05) is 29.0 Å². The molecule has 0 unspecified atom stereocenters. The number of aryl methyl sites for hydroxylation is 1. The molecule has 0 aliphatic carbocycles. The number of carbonyl (C=O) groups excluding carboxylic acids is 3. The molecule has 0 fully saturated rings. The van der Waals surface area contributed by atoms with Gasteiger partial charge in [-0.1, -0.05) is 43.5 Å². The van der Waals surface area contributed by atoms with E-state index in [4.69, 9.17) is 18.9 Å². The van der Waals surface area contributed by atoms with E-state index in [1.54, 1.807) is 0 Å². The summed E-state index contributed by atoms with van der Waals surface area (Å²) < 4.78 is 21.6. The molecule has 0 amide bonds. The van der Waals surface area contributed by atoms with Crippen molar-refractivity contribution in [3.63, 3.8) is 0 Å². The summed E-state index contributed by atoms with van der Waals surface area (Å²) >= 11 is 1.18. The Bertz CT molecular complexity index is 1660. The molecule has 0 N–H and O–H groups in total. The Balaban J connectivity index is 1.28. The predicted octanol–water partition coefficient (Wildman–Crippen LogP) is 8.13. The first-order valence-electron chi connectivity index (χ1n) is 14.7. The fourth-order valence-corrected chi connectivity index (χ4v) is 5.24. The molecule has 4 aromatic rings. The van der Waals surface area contributed by atoms with E-state index >= 15 is 0 Å². The third-order valence-corrected chi connectivity index (χ3v) is 7.71. The van der Waals surface area contributed by atoms with Gasteiger partial charge in [-0.15, -0.1) is 0 Å². The van der Waals surface area contributed by atoms with Crippen molar-refractivity contribution < 1.29 is 33.3 Å². The summed E-state index contributed by atoms with van der Waals surface area (Å²) in [5.74, 6) is 0.664. The van der Waals surface area contributed by atoms with Crippen LogP contribution >= 0.6 is 11.8 Å². The highest BCUT2D eigenvalue weighted by molar-refractivity contribution is 8.14. The zero-order valence-corrected chi connectivity index (χ0v) is 26.1. The second-order valence-electron chi connectivity index (χ2n) is 10.1. The fourth-order valence-electron chi connectivity index (χ4n) is 4.40. The summed E-state index contributed by atoms with van der Waals surface area (Å²) in [7, 11) is 0. The van der Waals surface area contributed by atoms with Crippen LogP contribution in [-0.4, -0.2) is 43.5 Å². The Labute approximate surface area is 267 Å². The number of benzene rings is 4. The maximum Gasteiger partial charge on any atom is 0.330 e. The number of fused-ring (bicyclic) bond motifs is 1. The fraction of sp³-hybridized carbons (Fsp3) is 0.216. The number of carbonyl (C=O) groups is 3. The van der Waals surface area contributed by atoms with Crippen molar-refractivity contribution in [1.82, 2.24) is 0 Å². The van der Waals surface area contributed by atoms with Crippen LogP contribution in [-0.2, 0) is 19.1 Å². The highest BCUT2D eigenvalue weighted by Gasteiger charge is 2.11. The monoisotopic (exact) mass is 624 g/mol. The summed E-state index contributed by atoms with van der Waals surface area (Å²) in [6.07, 6.45) is 4.36. The Morgan fingerprint density at radius 2 is 1.29 bits per heavy atom. The van der Waals surface area contributed by atoms with Gasteiger partial charge in [-0.3, -0.25) is 4.79 Å². The lowest BCUT2D eigenvalue weighted by atomic mass is 10.0. The van der Waals surface area contributed by atoms with Gasteiger partial charge in [0.25, 0.3) is 0 Å². The van der Waals surface area contributed by atoms with Crippen LogP contribution in [0.25, 0.3) is 21.9 Å². The van der Waals surface area contributed by atoms with Crippen LogP contribution in [0, 0.1) is 6.92 Å². The van der Waals surface area contributed by atoms with Crippen LogP contribution in [0.3, 0.4) is 0 Å². The SMILES string of the molecule is C=CC(=O)OCCCCOc1ccc2cc(-c3ccc(C(=O)Sc4ccc(OCCCOC(=O)C=C)c(C)c4)cc3)ccc2c1. The van der Waals surface area contributed by atoms with Crippen molar-refractivity contribution in [3.8, 4) is 22.6 Å². The van der Waals surface area contributed by atoms with Crippen LogP contribution < -0.4 is 9.47 Å². The highest BCUT2D eigenvalue weighted by atomic mass is 32.2. The Hall–Kier alpha value is -4.82. The van der Waals surface area contributed by atoms with Gasteiger partial charge in [0.1, 0.15) is 11.5 Å². The lowest BCUT2D eigenvalue weighted by Gasteiger charge is -2.11. The van der Waals surface area contributed by atoms with Gasteiger partial charge in [-0.2, -0.15) is 0 Å². The van der Waals surface area contributed by atoms with Crippen LogP contribution in [0.2, 0.25) is 0 Å². The van der Waals surface area contributed by atoms with Crippen molar-refractivity contribution in [2.45, 2.75) is 31.1 Å². The normalized spacial score (nSPS) is 10.6. The largest absolute Gasteiger partial charge is 0.494 e. The van der Waals surface area contributed by atoms with Gasteiger partial charge in [0.15, 0.2) is 0 Å². The smallest absolute Gasteiger partial charge is 0.330 e. The minimum atomic E-state index is -0.446. The molecule has 0 aromatic heterocycles. The number of ether oxygens (including phenoxy) is 4. The number of hydrogen-bond acceptors (Lipinski definition) is 8. The molecule has 232 valence electrons.